The van der Waals surface area contributed by atoms with E-state index in [0.717, 1.165) is 38.9 Å². The fourth-order valence-corrected chi connectivity index (χ4v) is 5.40. The molecule has 2 aliphatic heterocycles. The summed E-state index contributed by atoms with van der Waals surface area (Å²) in [6.07, 6.45) is 1.27. The number of hydrogen-bond donors (Lipinski definition) is 1. The van der Waals surface area contributed by atoms with Gasteiger partial charge in [0.1, 0.15) is 5.75 Å². The molecule has 160 valence electrons. The van der Waals surface area contributed by atoms with Crippen molar-refractivity contribution < 1.29 is 14.6 Å². The van der Waals surface area contributed by atoms with Crippen molar-refractivity contribution in [3.63, 3.8) is 0 Å². The Labute approximate surface area is 189 Å². The lowest BCUT2D eigenvalue weighted by atomic mass is 10.1. The van der Waals surface area contributed by atoms with Crippen LogP contribution < -0.4 is 14.5 Å². The predicted molar refractivity (Wildman–Crippen MR) is 123 cm³/mol. The quantitative estimate of drug-likeness (QED) is 0.629. The number of pyridine rings is 1. The molecule has 1 amide bonds. The summed E-state index contributed by atoms with van der Waals surface area (Å²) in [5.41, 5.74) is 3.55. The molecule has 2 aliphatic rings. The lowest BCUT2D eigenvalue weighted by molar-refractivity contribution is 0.1000. The van der Waals surface area contributed by atoms with Crippen LogP contribution in [-0.4, -0.2) is 42.3 Å². The summed E-state index contributed by atoms with van der Waals surface area (Å²) in [6, 6.07) is 11.5. The Morgan fingerprint density at radius 1 is 1.23 bits per heavy atom. The van der Waals surface area contributed by atoms with E-state index in [2.05, 4.69) is 9.88 Å². The van der Waals surface area contributed by atoms with Crippen LogP contribution in [-0.2, 0) is 6.54 Å². The molecule has 0 spiro atoms. The third kappa shape index (κ3) is 3.56. The van der Waals surface area contributed by atoms with Gasteiger partial charge in [-0.25, -0.2) is 0 Å². The van der Waals surface area contributed by atoms with E-state index >= 15 is 0 Å². The molecule has 0 unspecified atom stereocenters. The number of thiophene rings is 1. The van der Waals surface area contributed by atoms with Gasteiger partial charge in [0.25, 0.3) is 5.91 Å². The zero-order chi connectivity index (χ0) is 21.7. The zero-order valence-corrected chi connectivity index (χ0v) is 18.8. The van der Waals surface area contributed by atoms with Gasteiger partial charge in [0, 0.05) is 37.0 Å². The highest BCUT2D eigenvalue weighted by molar-refractivity contribution is 7.17. The molecular weight excluding hydrogens is 434 g/mol. The van der Waals surface area contributed by atoms with Crippen molar-refractivity contribution in [2.24, 2.45) is 5.92 Å². The number of methoxy groups -OCH3 is 1. The number of aromatic nitrogens is 1. The van der Waals surface area contributed by atoms with Gasteiger partial charge in [-0.15, -0.1) is 11.3 Å². The minimum absolute atomic E-state index is 0.0137. The third-order valence-electron chi connectivity index (χ3n) is 5.95. The van der Waals surface area contributed by atoms with Crippen LogP contribution in [0.5, 0.6) is 5.75 Å². The third-order valence-corrected chi connectivity index (χ3v) is 7.36. The Morgan fingerprint density at radius 3 is 2.71 bits per heavy atom. The molecule has 0 bridgehead atoms. The normalized spacial score (nSPS) is 20.5. The number of ether oxygens (including phenoxy) is 1. The maximum Gasteiger partial charge on any atom is 0.269 e. The molecule has 2 atom stereocenters. The second-order valence-corrected chi connectivity index (χ2v) is 9.51. The van der Waals surface area contributed by atoms with Crippen molar-refractivity contribution in [3.05, 3.63) is 58.1 Å². The Kier molecular flexibility index (Phi) is 5.12. The molecule has 1 N–H and O–H groups in total. The maximum atomic E-state index is 13.1. The van der Waals surface area contributed by atoms with Gasteiger partial charge in [0.15, 0.2) is 0 Å². The molecule has 31 heavy (non-hydrogen) atoms. The maximum absolute atomic E-state index is 13.1. The van der Waals surface area contributed by atoms with Crippen molar-refractivity contribution in [3.8, 4) is 16.3 Å². The van der Waals surface area contributed by atoms with Gasteiger partial charge in [-0.3, -0.25) is 9.78 Å². The molecule has 5 rings (SSSR count). The summed E-state index contributed by atoms with van der Waals surface area (Å²) in [5.74, 6) is 0.901. The van der Waals surface area contributed by atoms with E-state index in [1.54, 1.807) is 24.3 Å². The fourth-order valence-electron chi connectivity index (χ4n) is 4.19. The lowest BCUT2D eigenvalue weighted by Crippen LogP contribution is -2.24. The van der Waals surface area contributed by atoms with Crippen LogP contribution in [0.15, 0.2) is 42.6 Å². The Bertz CT molecular complexity index is 1140. The average molecular weight is 456 g/mol. The number of nitrogens with zero attached hydrogens (tertiary/aromatic N) is 3. The number of benzene rings is 1. The largest absolute Gasteiger partial charge is 0.495 e. The number of fused-ring (bicyclic) bond motifs is 1. The number of carbonyl (C=O) groups is 1. The first-order chi connectivity index (χ1) is 14.9. The Hall–Kier alpha value is -2.61. The highest BCUT2D eigenvalue weighted by Gasteiger charge is 2.33. The van der Waals surface area contributed by atoms with E-state index in [1.165, 1.54) is 11.3 Å². The van der Waals surface area contributed by atoms with Gasteiger partial charge in [0.2, 0.25) is 0 Å². The van der Waals surface area contributed by atoms with Crippen LogP contribution in [0, 0.1) is 5.92 Å². The smallest absolute Gasteiger partial charge is 0.269 e. The summed E-state index contributed by atoms with van der Waals surface area (Å²) >= 11 is 7.39. The van der Waals surface area contributed by atoms with Crippen LogP contribution in [0.3, 0.4) is 0 Å². The minimum atomic E-state index is -0.343. The van der Waals surface area contributed by atoms with Gasteiger partial charge in [-0.2, -0.15) is 0 Å². The van der Waals surface area contributed by atoms with Crippen molar-refractivity contribution in [2.75, 3.05) is 30.0 Å². The van der Waals surface area contributed by atoms with E-state index in [4.69, 9.17) is 16.3 Å². The summed E-state index contributed by atoms with van der Waals surface area (Å²) in [4.78, 5) is 23.1. The standard InChI is InChI=1S/C23H22ClN3O3S/c1-13-10-26(12-19(13)28)18-6-4-16(8-20(18)30-2)27-11-14-7-21(31-22(14)23(27)29)17-5-3-15(24)9-25-17/h3-9,13,19,28H,10-12H2,1-2H3/t13-,19+/m0/s1. The minimum Gasteiger partial charge on any atom is -0.495 e. The molecule has 1 aromatic carbocycles. The molecular formula is C23H22ClN3O3S. The summed E-state index contributed by atoms with van der Waals surface area (Å²) in [6.45, 7) is 3.91. The van der Waals surface area contributed by atoms with Crippen LogP contribution in [0.25, 0.3) is 10.6 Å². The van der Waals surface area contributed by atoms with Crippen LogP contribution in [0.1, 0.15) is 22.2 Å². The molecule has 0 radical (unpaired) electrons. The second kappa shape index (κ2) is 7.82. The number of β-amino-alcohol motifs (C(OH)–C–C–N with tert-alkyl or cyclic N) is 1. The number of hydrogen-bond acceptors (Lipinski definition) is 6. The van der Waals surface area contributed by atoms with E-state index in [1.807, 2.05) is 37.3 Å². The summed E-state index contributed by atoms with van der Waals surface area (Å²) in [5, 5.41) is 10.7. The second-order valence-electron chi connectivity index (χ2n) is 8.02. The van der Waals surface area contributed by atoms with Crippen molar-refractivity contribution in [1.29, 1.82) is 0 Å². The first kappa shape index (κ1) is 20.3. The monoisotopic (exact) mass is 455 g/mol. The van der Waals surface area contributed by atoms with Crippen molar-refractivity contribution in [1.82, 2.24) is 4.98 Å². The van der Waals surface area contributed by atoms with Gasteiger partial charge >= 0.3 is 0 Å². The van der Waals surface area contributed by atoms with Crippen molar-refractivity contribution >= 4 is 40.2 Å². The summed E-state index contributed by atoms with van der Waals surface area (Å²) in [7, 11) is 1.63. The predicted octanol–water partition coefficient (Wildman–Crippen LogP) is 4.45. The lowest BCUT2D eigenvalue weighted by Gasteiger charge is -2.23. The Balaban J connectivity index is 1.40. The van der Waals surface area contributed by atoms with Crippen LogP contribution in [0.2, 0.25) is 5.02 Å². The number of aliphatic hydroxyl groups is 1. The van der Waals surface area contributed by atoms with Gasteiger partial charge in [-0.1, -0.05) is 18.5 Å². The number of carbonyl (C=O) groups excluding carboxylic acids is 1. The molecule has 1 fully saturated rings. The fraction of sp³-hybridized carbons (Fsp3) is 0.304. The highest BCUT2D eigenvalue weighted by Crippen LogP contribution is 2.41. The van der Waals surface area contributed by atoms with Crippen molar-refractivity contribution in [2.45, 2.75) is 19.6 Å². The molecule has 4 heterocycles. The SMILES string of the molecule is COc1cc(N2Cc3cc(-c4ccc(Cl)cn4)sc3C2=O)ccc1N1C[C@@H](O)[C@@H](C)C1. The van der Waals surface area contributed by atoms with E-state index in [0.29, 0.717) is 23.9 Å². The molecule has 0 aliphatic carbocycles. The van der Waals surface area contributed by atoms with Crippen LogP contribution >= 0.6 is 22.9 Å². The van der Waals surface area contributed by atoms with Gasteiger partial charge in [0.05, 0.1) is 45.9 Å². The molecule has 0 saturated carbocycles. The highest BCUT2D eigenvalue weighted by atomic mass is 35.5. The topological polar surface area (TPSA) is 65.9 Å². The van der Waals surface area contributed by atoms with Crippen LogP contribution in [0.4, 0.5) is 11.4 Å². The number of aliphatic hydroxyl groups excluding tert-OH is 1. The molecule has 6 nitrogen and oxygen atoms in total. The van der Waals surface area contributed by atoms with E-state index < -0.39 is 0 Å². The zero-order valence-electron chi connectivity index (χ0n) is 17.2. The Morgan fingerprint density at radius 2 is 2.06 bits per heavy atom. The van der Waals surface area contributed by atoms with E-state index in [-0.39, 0.29) is 17.9 Å². The molecule has 3 aromatic rings. The average Bonchev–Trinajstić information content (AvgIpc) is 3.43. The molecule has 2 aromatic heterocycles. The number of anilines is 2. The van der Waals surface area contributed by atoms with E-state index in [9.17, 15) is 9.90 Å². The molecule has 8 heteroatoms. The number of amides is 1. The van der Waals surface area contributed by atoms with Gasteiger partial charge in [-0.05, 0) is 35.9 Å². The number of rotatable bonds is 4. The van der Waals surface area contributed by atoms with Gasteiger partial charge < -0.3 is 19.6 Å². The number of halogens is 1. The molecule has 1 saturated heterocycles. The first-order valence-electron chi connectivity index (χ1n) is 10.1. The summed E-state index contributed by atoms with van der Waals surface area (Å²) < 4.78 is 5.63. The first-order valence-corrected chi connectivity index (χ1v) is 11.3.